The maximum absolute atomic E-state index is 12.8. The van der Waals surface area contributed by atoms with E-state index in [0.717, 1.165) is 12.0 Å². The Bertz CT molecular complexity index is 544. The van der Waals surface area contributed by atoms with Crippen LogP contribution in [0.25, 0.3) is 0 Å². The van der Waals surface area contributed by atoms with Gasteiger partial charge in [-0.1, -0.05) is 30.3 Å². The lowest BCUT2D eigenvalue weighted by Gasteiger charge is -2.30. The number of amides is 1. The van der Waals surface area contributed by atoms with E-state index in [-0.39, 0.29) is 18.3 Å². The molecule has 2 rings (SSSR count). The molecule has 0 unspecified atom stereocenters. The van der Waals surface area contributed by atoms with Gasteiger partial charge in [0.1, 0.15) is 12.3 Å². The molecule has 0 bridgehead atoms. The summed E-state index contributed by atoms with van der Waals surface area (Å²) in [4.78, 5) is 26.8. The smallest absolute Gasteiger partial charge is 0.307 e. The zero-order valence-corrected chi connectivity index (χ0v) is 14.8. The van der Waals surface area contributed by atoms with Gasteiger partial charge in [0.15, 0.2) is 0 Å². The number of hydrogen-bond donors (Lipinski definition) is 0. The molecule has 5 heteroatoms. The van der Waals surface area contributed by atoms with E-state index in [0.29, 0.717) is 26.3 Å². The Morgan fingerprint density at radius 3 is 2.54 bits per heavy atom. The third kappa shape index (κ3) is 5.96. The van der Waals surface area contributed by atoms with Crippen molar-refractivity contribution < 1.29 is 19.1 Å². The van der Waals surface area contributed by atoms with Crippen LogP contribution in [-0.2, 0) is 25.5 Å². The Morgan fingerprint density at radius 1 is 1.25 bits per heavy atom. The van der Waals surface area contributed by atoms with Gasteiger partial charge in [-0.05, 0) is 39.2 Å². The minimum absolute atomic E-state index is 0.0376. The zero-order valence-electron chi connectivity index (χ0n) is 14.8. The highest BCUT2D eigenvalue weighted by Crippen LogP contribution is 2.20. The molecule has 1 aromatic carbocycles. The first kappa shape index (κ1) is 18.5. The highest BCUT2D eigenvalue weighted by Gasteiger charge is 2.30. The molecule has 0 spiro atoms. The fourth-order valence-corrected chi connectivity index (χ4v) is 2.76. The predicted molar refractivity (Wildman–Crippen MR) is 91.2 cm³/mol. The van der Waals surface area contributed by atoms with E-state index in [2.05, 4.69) is 0 Å². The quantitative estimate of drug-likeness (QED) is 0.778. The first-order valence-electron chi connectivity index (χ1n) is 8.47. The van der Waals surface area contributed by atoms with Crippen molar-refractivity contribution in [2.24, 2.45) is 5.92 Å². The lowest BCUT2D eigenvalue weighted by Crippen LogP contribution is -2.43. The fraction of sp³-hybridized carbons (Fsp3) is 0.579. The molecule has 0 saturated carbocycles. The highest BCUT2D eigenvalue weighted by molar-refractivity contribution is 5.84. The molecule has 1 amide bonds. The topological polar surface area (TPSA) is 55.8 Å². The van der Waals surface area contributed by atoms with Gasteiger partial charge < -0.3 is 14.4 Å². The molecule has 132 valence electrons. The average Bonchev–Trinajstić information content (AvgIpc) is 2.53. The number of benzene rings is 1. The molecule has 1 aliphatic rings. The fourth-order valence-electron chi connectivity index (χ4n) is 2.76. The molecule has 1 saturated heterocycles. The summed E-state index contributed by atoms with van der Waals surface area (Å²) in [6.45, 7) is 7.16. The lowest BCUT2D eigenvalue weighted by atomic mass is 9.94. The molecule has 1 heterocycles. The molecule has 1 atom stereocenters. The van der Waals surface area contributed by atoms with Crippen LogP contribution in [0.5, 0.6) is 0 Å². The summed E-state index contributed by atoms with van der Waals surface area (Å²) in [5.74, 6) is -0.803. The van der Waals surface area contributed by atoms with Gasteiger partial charge in [-0.3, -0.25) is 9.59 Å². The van der Waals surface area contributed by atoms with Gasteiger partial charge in [-0.15, -0.1) is 0 Å². The van der Waals surface area contributed by atoms with Crippen LogP contribution >= 0.6 is 0 Å². The first-order chi connectivity index (χ1) is 11.3. The van der Waals surface area contributed by atoms with Crippen molar-refractivity contribution in [1.29, 1.82) is 0 Å². The van der Waals surface area contributed by atoms with Crippen LogP contribution in [0.2, 0.25) is 0 Å². The van der Waals surface area contributed by atoms with Gasteiger partial charge >= 0.3 is 5.97 Å². The van der Waals surface area contributed by atoms with Crippen LogP contribution in [-0.4, -0.2) is 42.3 Å². The summed E-state index contributed by atoms with van der Waals surface area (Å²) in [6, 6.07) is 9.76. The molecular formula is C19H27NO4. The van der Waals surface area contributed by atoms with E-state index in [9.17, 15) is 9.59 Å². The van der Waals surface area contributed by atoms with Crippen molar-refractivity contribution in [3.63, 3.8) is 0 Å². The number of esters is 1. The van der Waals surface area contributed by atoms with Gasteiger partial charge in [-0.2, -0.15) is 0 Å². The van der Waals surface area contributed by atoms with E-state index in [1.807, 2.05) is 51.1 Å². The molecule has 0 radical (unpaired) electrons. The first-order valence-corrected chi connectivity index (χ1v) is 8.47. The minimum atomic E-state index is -0.550. The van der Waals surface area contributed by atoms with Crippen LogP contribution in [0.15, 0.2) is 30.3 Å². The van der Waals surface area contributed by atoms with Gasteiger partial charge in [0.05, 0.1) is 18.9 Å². The Hall–Kier alpha value is -1.88. The van der Waals surface area contributed by atoms with Crippen LogP contribution < -0.4 is 0 Å². The number of carbonyl (C=O) groups excluding carboxylic acids is 2. The third-order valence-corrected chi connectivity index (χ3v) is 3.78. The standard InChI is InChI=1S/C19H27NO4/c1-19(2,3)24-17(21)13-16(12-15-8-5-4-6-9-15)18(22)20-10-7-11-23-14-20/h4-6,8-9,16H,7,10-14H2,1-3H3/t16-/m1/s1. The van der Waals surface area contributed by atoms with Crippen molar-refractivity contribution in [1.82, 2.24) is 4.90 Å². The predicted octanol–water partition coefficient (Wildman–Crippen LogP) is 2.78. The molecule has 0 N–H and O–H groups in total. The minimum Gasteiger partial charge on any atom is -0.460 e. The maximum atomic E-state index is 12.8. The molecule has 1 fully saturated rings. The molecule has 1 aliphatic heterocycles. The van der Waals surface area contributed by atoms with E-state index >= 15 is 0 Å². The SMILES string of the molecule is CC(C)(C)OC(=O)C[C@@H](Cc1ccccc1)C(=O)N1CCCOC1. The molecule has 24 heavy (non-hydrogen) atoms. The Balaban J connectivity index is 2.08. The number of carbonyl (C=O) groups is 2. The Labute approximate surface area is 143 Å². The van der Waals surface area contributed by atoms with Crippen LogP contribution in [0.3, 0.4) is 0 Å². The highest BCUT2D eigenvalue weighted by atomic mass is 16.6. The zero-order chi connectivity index (χ0) is 17.6. The van der Waals surface area contributed by atoms with Crippen LogP contribution in [0.4, 0.5) is 0 Å². The van der Waals surface area contributed by atoms with Gasteiger partial charge in [0, 0.05) is 6.54 Å². The second-order valence-electron chi connectivity index (χ2n) is 7.17. The summed E-state index contributed by atoms with van der Waals surface area (Å²) in [5, 5.41) is 0. The lowest BCUT2D eigenvalue weighted by molar-refractivity contribution is -0.160. The number of ether oxygens (including phenoxy) is 2. The number of hydrogen-bond acceptors (Lipinski definition) is 4. The van der Waals surface area contributed by atoms with E-state index in [1.54, 1.807) is 4.90 Å². The average molecular weight is 333 g/mol. The summed E-state index contributed by atoms with van der Waals surface area (Å²) in [7, 11) is 0. The maximum Gasteiger partial charge on any atom is 0.307 e. The van der Waals surface area contributed by atoms with Crippen LogP contribution in [0.1, 0.15) is 39.2 Å². The van der Waals surface area contributed by atoms with Crippen LogP contribution in [0, 0.1) is 5.92 Å². The van der Waals surface area contributed by atoms with Gasteiger partial charge in [-0.25, -0.2) is 0 Å². The molecular weight excluding hydrogens is 306 g/mol. The van der Waals surface area contributed by atoms with Gasteiger partial charge in [0.2, 0.25) is 5.91 Å². The molecule has 1 aromatic rings. The largest absolute Gasteiger partial charge is 0.460 e. The van der Waals surface area contributed by atoms with Crippen molar-refractivity contribution in [2.45, 2.75) is 45.6 Å². The third-order valence-electron chi connectivity index (χ3n) is 3.78. The second-order valence-corrected chi connectivity index (χ2v) is 7.17. The monoisotopic (exact) mass is 333 g/mol. The second kappa shape index (κ2) is 8.29. The summed E-state index contributed by atoms with van der Waals surface area (Å²) in [6.07, 6.45) is 1.44. The summed E-state index contributed by atoms with van der Waals surface area (Å²) in [5.41, 5.74) is 0.489. The molecule has 5 nitrogen and oxygen atoms in total. The number of nitrogens with zero attached hydrogens (tertiary/aromatic N) is 1. The normalized spacial score (nSPS) is 16.5. The van der Waals surface area contributed by atoms with Crippen molar-refractivity contribution in [2.75, 3.05) is 19.9 Å². The Morgan fingerprint density at radius 2 is 1.96 bits per heavy atom. The van der Waals surface area contributed by atoms with E-state index in [4.69, 9.17) is 9.47 Å². The molecule has 0 aliphatic carbocycles. The van der Waals surface area contributed by atoms with Crippen molar-refractivity contribution in [3.8, 4) is 0 Å². The Kier molecular flexibility index (Phi) is 6.37. The van der Waals surface area contributed by atoms with E-state index < -0.39 is 11.5 Å². The summed E-state index contributed by atoms with van der Waals surface area (Å²) < 4.78 is 10.8. The van der Waals surface area contributed by atoms with Crippen molar-refractivity contribution >= 4 is 11.9 Å². The molecule has 0 aromatic heterocycles. The van der Waals surface area contributed by atoms with Crippen molar-refractivity contribution in [3.05, 3.63) is 35.9 Å². The van der Waals surface area contributed by atoms with E-state index in [1.165, 1.54) is 0 Å². The number of rotatable bonds is 5. The van der Waals surface area contributed by atoms with Gasteiger partial charge in [0.25, 0.3) is 0 Å². The summed E-state index contributed by atoms with van der Waals surface area (Å²) >= 11 is 0.